The summed E-state index contributed by atoms with van der Waals surface area (Å²) in [5, 5.41) is 8.98. The molecule has 2 heterocycles. The lowest BCUT2D eigenvalue weighted by molar-refractivity contribution is -0.152. The van der Waals surface area contributed by atoms with E-state index < -0.39 is 18.1 Å². The van der Waals surface area contributed by atoms with Crippen molar-refractivity contribution in [3.05, 3.63) is 0 Å². The number of amides is 1. The molecule has 0 radical (unpaired) electrons. The van der Waals surface area contributed by atoms with Crippen molar-refractivity contribution < 1.29 is 19.4 Å². The van der Waals surface area contributed by atoms with Crippen molar-refractivity contribution in [2.75, 3.05) is 11.6 Å². The molecule has 1 amide bonds. The number of hydrogen-bond donors (Lipinski definition) is 1. The smallest absolute Gasteiger partial charge is 0.327 e. The van der Waals surface area contributed by atoms with Gasteiger partial charge in [-0.25, -0.2) is 4.79 Å². The third-order valence-corrected chi connectivity index (χ3v) is 3.97. The Morgan fingerprint density at radius 3 is 2.75 bits per heavy atom. The van der Waals surface area contributed by atoms with Gasteiger partial charge < -0.3 is 14.7 Å². The van der Waals surface area contributed by atoms with Gasteiger partial charge in [-0.05, 0) is 19.8 Å². The first-order valence-electron chi connectivity index (χ1n) is 5.36. The lowest BCUT2D eigenvalue weighted by Crippen LogP contribution is -2.46. The van der Waals surface area contributed by atoms with Gasteiger partial charge in [-0.1, -0.05) is 0 Å². The highest BCUT2D eigenvalue weighted by molar-refractivity contribution is 7.99. The minimum atomic E-state index is -0.926. The van der Waals surface area contributed by atoms with Gasteiger partial charge in [0.25, 0.3) is 5.91 Å². The molecule has 6 heteroatoms. The normalized spacial score (nSPS) is 34.3. The highest BCUT2D eigenvalue weighted by Gasteiger charge is 2.39. The number of nitrogens with zero attached hydrogens (tertiary/aromatic N) is 1. The summed E-state index contributed by atoms with van der Waals surface area (Å²) in [4.78, 5) is 24.4. The van der Waals surface area contributed by atoms with Crippen molar-refractivity contribution in [2.24, 2.45) is 0 Å². The first-order chi connectivity index (χ1) is 7.59. The summed E-state index contributed by atoms with van der Waals surface area (Å²) in [5.74, 6) is -0.154. The zero-order valence-corrected chi connectivity index (χ0v) is 9.90. The number of rotatable bonds is 2. The van der Waals surface area contributed by atoms with Crippen LogP contribution in [0.25, 0.3) is 0 Å². The summed E-state index contributed by atoms with van der Waals surface area (Å²) >= 11 is 1.48. The number of thioether (sulfide) groups is 1. The molecule has 2 saturated heterocycles. The Morgan fingerprint density at radius 1 is 1.44 bits per heavy atom. The second kappa shape index (κ2) is 4.63. The fourth-order valence-electron chi connectivity index (χ4n) is 2.03. The van der Waals surface area contributed by atoms with Crippen LogP contribution in [0.3, 0.4) is 0 Å². The number of aliphatic carboxylic acids is 1. The molecule has 1 N–H and O–H groups in total. The molecule has 0 bridgehead atoms. The fourth-order valence-corrected chi connectivity index (χ4v) is 3.19. The topological polar surface area (TPSA) is 66.8 Å². The second-order valence-electron chi connectivity index (χ2n) is 4.17. The van der Waals surface area contributed by atoms with Gasteiger partial charge in [-0.15, -0.1) is 11.8 Å². The molecule has 3 unspecified atom stereocenters. The molecule has 0 aromatic rings. The van der Waals surface area contributed by atoms with Crippen LogP contribution in [-0.2, 0) is 14.3 Å². The quantitative estimate of drug-likeness (QED) is 0.769. The molecule has 0 saturated carbocycles. The van der Waals surface area contributed by atoms with Crippen LogP contribution in [0.4, 0.5) is 0 Å². The van der Waals surface area contributed by atoms with E-state index in [1.165, 1.54) is 16.7 Å². The Morgan fingerprint density at radius 2 is 2.19 bits per heavy atom. The highest BCUT2D eigenvalue weighted by Crippen LogP contribution is 2.26. The van der Waals surface area contributed by atoms with Crippen LogP contribution in [-0.4, -0.2) is 51.8 Å². The maximum Gasteiger partial charge on any atom is 0.327 e. The van der Waals surface area contributed by atoms with E-state index in [4.69, 9.17) is 9.84 Å². The molecule has 2 aliphatic heterocycles. The molecule has 2 fully saturated rings. The first-order valence-corrected chi connectivity index (χ1v) is 6.51. The number of carboxylic acid groups (broad SMARTS) is 1. The molecular weight excluding hydrogens is 230 g/mol. The molecule has 2 rings (SSSR count). The average molecular weight is 245 g/mol. The summed E-state index contributed by atoms with van der Waals surface area (Å²) in [6, 6.07) is -0.683. The monoisotopic (exact) mass is 245 g/mol. The van der Waals surface area contributed by atoms with Gasteiger partial charge in [-0.2, -0.15) is 0 Å². The lowest BCUT2D eigenvalue weighted by atomic mass is 10.1. The molecule has 0 aliphatic carbocycles. The van der Waals surface area contributed by atoms with E-state index >= 15 is 0 Å². The van der Waals surface area contributed by atoms with Gasteiger partial charge in [0.15, 0.2) is 0 Å². The van der Waals surface area contributed by atoms with E-state index in [-0.39, 0.29) is 12.0 Å². The summed E-state index contributed by atoms with van der Waals surface area (Å²) in [5.41, 5.74) is 0. The first kappa shape index (κ1) is 11.7. The lowest BCUT2D eigenvalue weighted by Gasteiger charge is -2.23. The van der Waals surface area contributed by atoms with Crippen molar-refractivity contribution in [2.45, 2.75) is 38.0 Å². The summed E-state index contributed by atoms with van der Waals surface area (Å²) in [6.07, 6.45) is 1.24. The maximum atomic E-state index is 12.0. The van der Waals surface area contributed by atoms with Gasteiger partial charge in [0.2, 0.25) is 0 Å². The third-order valence-electron chi connectivity index (χ3n) is 2.96. The molecule has 5 nitrogen and oxygen atoms in total. The van der Waals surface area contributed by atoms with Crippen LogP contribution in [0.2, 0.25) is 0 Å². The van der Waals surface area contributed by atoms with Gasteiger partial charge >= 0.3 is 5.97 Å². The maximum absolute atomic E-state index is 12.0. The summed E-state index contributed by atoms with van der Waals surface area (Å²) in [6.45, 7) is 1.93. The molecule has 2 aliphatic rings. The van der Waals surface area contributed by atoms with Crippen molar-refractivity contribution in [1.29, 1.82) is 0 Å². The zero-order valence-electron chi connectivity index (χ0n) is 9.09. The Bertz CT molecular complexity index is 309. The number of ether oxygens (including phenoxy) is 1. The summed E-state index contributed by atoms with van der Waals surface area (Å²) < 4.78 is 5.47. The van der Waals surface area contributed by atoms with Gasteiger partial charge in [0.05, 0.1) is 12.0 Å². The SMILES string of the molecule is CC1CCC(C(=O)N2CSCC2C(=O)O)O1. The van der Waals surface area contributed by atoms with Crippen molar-refractivity contribution in [1.82, 2.24) is 4.90 Å². The number of carbonyl (C=O) groups excluding carboxylic acids is 1. The highest BCUT2D eigenvalue weighted by atomic mass is 32.2. The van der Waals surface area contributed by atoms with Gasteiger partial charge in [0.1, 0.15) is 12.1 Å². The van der Waals surface area contributed by atoms with Crippen molar-refractivity contribution in [3.63, 3.8) is 0 Å². The Balaban J connectivity index is 2.01. The molecule has 0 aromatic carbocycles. The minimum absolute atomic E-state index is 0.104. The van der Waals surface area contributed by atoms with Crippen LogP contribution in [0.15, 0.2) is 0 Å². The molecular formula is C10H15NO4S. The van der Waals surface area contributed by atoms with Crippen LogP contribution >= 0.6 is 11.8 Å². The van der Waals surface area contributed by atoms with Crippen LogP contribution in [0, 0.1) is 0 Å². The number of hydrogen-bond acceptors (Lipinski definition) is 4. The van der Waals surface area contributed by atoms with E-state index in [1.807, 2.05) is 6.92 Å². The van der Waals surface area contributed by atoms with E-state index in [0.717, 1.165) is 6.42 Å². The minimum Gasteiger partial charge on any atom is -0.480 e. The molecule has 3 atom stereocenters. The van der Waals surface area contributed by atoms with E-state index in [1.54, 1.807) is 0 Å². The van der Waals surface area contributed by atoms with Gasteiger partial charge in [-0.3, -0.25) is 4.79 Å². The van der Waals surface area contributed by atoms with Crippen LogP contribution < -0.4 is 0 Å². The second-order valence-corrected chi connectivity index (χ2v) is 5.17. The van der Waals surface area contributed by atoms with Crippen LogP contribution in [0.1, 0.15) is 19.8 Å². The molecule has 0 spiro atoms. The molecule has 16 heavy (non-hydrogen) atoms. The fraction of sp³-hybridized carbons (Fsp3) is 0.800. The largest absolute Gasteiger partial charge is 0.480 e. The molecule has 90 valence electrons. The van der Waals surface area contributed by atoms with E-state index in [2.05, 4.69) is 0 Å². The number of carboxylic acids is 1. The Labute approximate surface area is 98.1 Å². The zero-order chi connectivity index (χ0) is 11.7. The number of carbonyl (C=O) groups is 2. The van der Waals surface area contributed by atoms with E-state index in [9.17, 15) is 9.59 Å². The molecule has 0 aromatic heterocycles. The van der Waals surface area contributed by atoms with Crippen molar-refractivity contribution >= 4 is 23.6 Å². The van der Waals surface area contributed by atoms with Crippen molar-refractivity contribution in [3.8, 4) is 0 Å². The average Bonchev–Trinajstić information content (AvgIpc) is 2.84. The predicted octanol–water partition coefficient (Wildman–Crippen LogP) is 0.540. The van der Waals surface area contributed by atoms with E-state index in [0.29, 0.717) is 18.1 Å². The standard InChI is InChI=1S/C10H15NO4S/c1-6-2-3-8(15-6)9(12)11-5-16-4-7(11)10(13)14/h6-8H,2-5H2,1H3,(H,13,14). The Kier molecular flexibility index (Phi) is 3.39. The van der Waals surface area contributed by atoms with Gasteiger partial charge in [0, 0.05) is 5.75 Å². The van der Waals surface area contributed by atoms with Crippen LogP contribution in [0.5, 0.6) is 0 Å². The Hall–Kier alpha value is -0.750. The third kappa shape index (κ3) is 2.17. The summed E-state index contributed by atoms with van der Waals surface area (Å²) in [7, 11) is 0. The predicted molar refractivity (Wildman–Crippen MR) is 59.2 cm³/mol.